The topological polar surface area (TPSA) is 219 Å². The first-order valence-corrected chi connectivity index (χ1v) is 5.97. The number of aromatic nitrogens is 2. The van der Waals surface area contributed by atoms with Gasteiger partial charge in [0.15, 0.2) is 0 Å². The Morgan fingerprint density at radius 3 is 1.91 bits per heavy atom. The Labute approximate surface area is 126 Å². The van der Waals surface area contributed by atoms with E-state index in [1.54, 1.807) is 6.20 Å². The number of hydrogen-bond acceptors (Lipinski definition) is 7. The number of carboxylic acid groups (broad SMARTS) is 3. The van der Waals surface area contributed by atoms with E-state index in [1.165, 1.54) is 13.3 Å². The van der Waals surface area contributed by atoms with Crippen molar-refractivity contribution < 1.29 is 29.7 Å². The van der Waals surface area contributed by atoms with Crippen molar-refractivity contribution in [1.29, 1.82) is 0 Å². The molecule has 0 aliphatic heterocycles. The first-order chi connectivity index (χ1) is 10.1. The van der Waals surface area contributed by atoms with Crippen LogP contribution in [0.3, 0.4) is 0 Å². The molecule has 0 bridgehead atoms. The molecule has 0 aliphatic rings. The quantitative estimate of drug-likeness (QED) is 0.310. The van der Waals surface area contributed by atoms with Gasteiger partial charge in [-0.2, -0.15) is 0 Å². The fraction of sp³-hybridized carbons (Fsp3) is 0.455. The molecule has 10 N–H and O–H groups in total. The minimum absolute atomic E-state index is 0.278. The maximum absolute atomic E-state index is 10.3. The largest absolute Gasteiger partial charge is 0.480 e. The van der Waals surface area contributed by atoms with Gasteiger partial charge in [-0.25, -0.2) is 4.98 Å². The molecule has 1 aromatic rings. The Hall–Kier alpha value is -2.50. The van der Waals surface area contributed by atoms with Crippen LogP contribution >= 0.6 is 0 Å². The molecule has 0 fully saturated rings. The summed E-state index contributed by atoms with van der Waals surface area (Å²) >= 11 is 0. The lowest BCUT2D eigenvalue weighted by molar-refractivity contribution is -0.139. The Kier molecular flexibility index (Phi) is 12.1. The number of imidazole rings is 1. The van der Waals surface area contributed by atoms with Gasteiger partial charge in [-0.3, -0.25) is 14.4 Å². The minimum atomic E-state index is -1.00. The van der Waals surface area contributed by atoms with E-state index in [1.807, 2.05) is 0 Å². The lowest BCUT2D eigenvalue weighted by atomic mass is 10.2. The molecule has 0 amide bonds. The highest BCUT2D eigenvalue weighted by molar-refractivity contribution is 5.73. The standard InChI is InChI=1S/C6H9N3O2.C3H7NO2.C2H5NO2/c7-5(6(10)11)1-4-2-8-3-9-4;1-2(4)3(5)6;3-1-2(4)5/h2-3,5H,1,7H2,(H,8,9)(H,10,11);2H,4H2,1H3,(H,5,6);1,3H2,(H,4,5). The van der Waals surface area contributed by atoms with Crippen molar-refractivity contribution in [3.05, 3.63) is 18.2 Å². The zero-order valence-corrected chi connectivity index (χ0v) is 12.0. The van der Waals surface area contributed by atoms with E-state index in [9.17, 15) is 14.4 Å². The predicted molar refractivity (Wildman–Crippen MR) is 75.9 cm³/mol. The molecule has 0 radical (unpaired) electrons. The molecule has 0 saturated carbocycles. The summed E-state index contributed by atoms with van der Waals surface area (Å²) in [6, 6.07) is -1.58. The number of nitrogens with one attached hydrogen (secondary N) is 1. The molecule has 1 rings (SSSR count). The molecule has 22 heavy (non-hydrogen) atoms. The second-order valence-corrected chi connectivity index (χ2v) is 3.95. The predicted octanol–water partition coefficient (Wildman–Crippen LogP) is -2.19. The summed E-state index contributed by atoms with van der Waals surface area (Å²) in [4.78, 5) is 35.6. The summed E-state index contributed by atoms with van der Waals surface area (Å²) in [5.74, 6) is -2.93. The van der Waals surface area contributed by atoms with Gasteiger partial charge < -0.3 is 37.5 Å². The molecule has 1 aromatic heterocycles. The van der Waals surface area contributed by atoms with Crippen LogP contribution in [0, 0.1) is 0 Å². The maximum Gasteiger partial charge on any atom is 0.320 e. The molecule has 11 nitrogen and oxygen atoms in total. The molecule has 0 aliphatic carbocycles. The molecule has 0 spiro atoms. The van der Waals surface area contributed by atoms with Gasteiger partial charge in [0.2, 0.25) is 0 Å². The lowest BCUT2D eigenvalue weighted by Gasteiger charge is -2.02. The van der Waals surface area contributed by atoms with Gasteiger partial charge in [0.1, 0.15) is 12.1 Å². The van der Waals surface area contributed by atoms with Crippen LogP contribution in [0.15, 0.2) is 12.5 Å². The van der Waals surface area contributed by atoms with Gasteiger partial charge >= 0.3 is 17.9 Å². The zero-order valence-electron chi connectivity index (χ0n) is 12.0. The summed E-state index contributed by atoms with van der Waals surface area (Å²) in [7, 11) is 0. The zero-order chi connectivity index (χ0) is 17.7. The van der Waals surface area contributed by atoms with E-state index >= 15 is 0 Å². The summed E-state index contributed by atoms with van der Waals surface area (Å²) in [5.41, 5.74) is 15.4. The lowest BCUT2D eigenvalue weighted by Crippen LogP contribution is -2.32. The van der Waals surface area contributed by atoms with Crippen LogP contribution in [0.2, 0.25) is 0 Å². The molecule has 0 saturated heterocycles. The molecular formula is C11H21N5O6. The van der Waals surface area contributed by atoms with Crippen LogP contribution in [-0.4, -0.2) is 61.8 Å². The average molecular weight is 319 g/mol. The van der Waals surface area contributed by atoms with E-state index in [4.69, 9.17) is 26.8 Å². The van der Waals surface area contributed by atoms with Crippen molar-refractivity contribution in [3.8, 4) is 0 Å². The fourth-order valence-corrected chi connectivity index (χ4v) is 0.721. The van der Waals surface area contributed by atoms with E-state index in [2.05, 4.69) is 15.7 Å². The van der Waals surface area contributed by atoms with Crippen molar-refractivity contribution in [2.45, 2.75) is 25.4 Å². The highest BCUT2D eigenvalue weighted by Gasteiger charge is 2.12. The van der Waals surface area contributed by atoms with Gasteiger partial charge in [0.05, 0.1) is 12.9 Å². The molecule has 11 heteroatoms. The molecule has 2 unspecified atom stereocenters. The molecule has 0 aromatic carbocycles. The normalized spacial score (nSPS) is 11.8. The Bertz CT molecular complexity index is 448. The molecule has 2 atom stereocenters. The monoisotopic (exact) mass is 319 g/mol. The smallest absolute Gasteiger partial charge is 0.320 e. The Morgan fingerprint density at radius 1 is 1.23 bits per heavy atom. The van der Waals surface area contributed by atoms with Crippen molar-refractivity contribution in [1.82, 2.24) is 9.97 Å². The fourth-order valence-electron chi connectivity index (χ4n) is 0.721. The first kappa shape index (κ1) is 21.8. The maximum atomic E-state index is 10.3. The highest BCUT2D eigenvalue weighted by Crippen LogP contribution is 1.95. The second-order valence-electron chi connectivity index (χ2n) is 3.95. The third-order valence-corrected chi connectivity index (χ3v) is 1.88. The molecule has 126 valence electrons. The van der Waals surface area contributed by atoms with Crippen LogP contribution in [0.25, 0.3) is 0 Å². The summed E-state index contributed by atoms with van der Waals surface area (Å²) < 4.78 is 0. The first-order valence-electron chi connectivity index (χ1n) is 5.97. The number of aromatic amines is 1. The third-order valence-electron chi connectivity index (χ3n) is 1.88. The highest BCUT2D eigenvalue weighted by atomic mass is 16.4. The van der Waals surface area contributed by atoms with E-state index in [0.29, 0.717) is 0 Å². The van der Waals surface area contributed by atoms with Crippen LogP contribution in [-0.2, 0) is 20.8 Å². The van der Waals surface area contributed by atoms with Crippen molar-refractivity contribution in [3.63, 3.8) is 0 Å². The number of nitrogens with zero attached hydrogens (tertiary/aromatic N) is 1. The van der Waals surface area contributed by atoms with Crippen molar-refractivity contribution >= 4 is 17.9 Å². The van der Waals surface area contributed by atoms with Crippen LogP contribution in [0.4, 0.5) is 0 Å². The summed E-state index contributed by atoms with van der Waals surface area (Å²) in [6.45, 7) is 1.14. The number of hydrogen-bond donors (Lipinski definition) is 7. The number of rotatable bonds is 5. The van der Waals surface area contributed by atoms with E-state index in [0.717, 1.165) is 5.69 Å². The SMILES string of the molecule is CC(N)C(=O)O.NC(Cc1cnc[nH]1)C(=O)O.NCC(=O)O. The van der Waals surface area contributed by atoms with Gasteiger partial charge in [-0.1, -0.05) is 0 Å². The van der Waals surface area contributed by atoms with Crippen molar-refractivity contribution in [2.24, 2.45) is 17.2 Å². The Balaban J connectivity index is 0. The Morgan fingerprint density at radius 2 is 1.68 bits per heavy atom. The van der Waals surface area contributed by atoms with Gasteiger partial charge in [0, 0.05) is 18.3 Å². The number of carbonyl (C=O) groups is 3. The average Bonchev–Trinajstić information content (AvgIpc) is 2.92. The number of carboxylic acids is 3. The van der Waals surface area contributed by atoms with Crippen LogP contribution in [0.1, 0.15) is 12.6 Å². The second kappa shape index (κ2) is 12.3. The number of aliphatic carboxylic acids is 3. The number of nitrogens with two attached hydrogens (primary N) is 3. The minimum Gasteiger partial charge on any atom is -0.480 e. The van der Waals surface area contributed by atoms with E-state index in [-0.39, 0.29) is 13.0 Å². The van der Waals surface area contributed by atoms with Crippen molar-refractivity contribution in [2.75, 3.05) is 6.54 Å². The van der Waals surface area contributed by atoms with Crippen LogP contribution in [0.5, 0.6) is 0 Å². The van der Waals surface area contributed by atoms with Gasteiger partial charge in [-0.05, 0) is 6.92 Å². The van der Waals surface area contributed by atoms with Gasteiger partial charge in [0.25, 0.3) is 0 Å². The van der Waals surface area contributed by atoms with Crippen LogP contribution < -0.4 is 17.2 Å². The number of H-pyrrole nitrogens is 1. The molecular weight excluding hydrogens is 298 g/mol. The third kappa shape index (κ3) is 13.9. The summed E-state index contributed by atoms with van der Waals surface area (Å²) in [5, 5.41) is 23.9. The summed E-state index contributed by atoms with van der Waals surface area (Å²) in [6.07, 6.45) is 3.34. The van der Waals surface area contributed by atoms with E-state index < -0.39 is 30.0 Å². The van der Waals surface area contributed by atoms with Gasteiger partial charge in [-0.15, -0.1) is 0 Å². The molecule has 1 heterocycles.